The molecule has 0 spiro atoms. The summed E-state index contributed by atoms with van der Waals surface area (Å²) in [6.45, 7) is 8.85. The molecule has 3 heterocycles. The van der Waals surface area contributed by atoms with E-state index in [9.17, 15) is 9.59 Å². The first-order valence-electron chi connectivity index (χ1n) is 13.5. The van der Waals surface area contributed by atoms with Crippen LogP contribution >= 0.6 is 22.9 Å². The maximum absolute atomic E-state index is 14.2. The van der Waals surface area contributed by atoms with E-state index in [2.05, 4.69) is 31.3 Å². The first kappa shape index (κ1) is 29.7. The van der Waals surface area contributed by atoms with Crippen LogP contribution in [0.25, 0.3) is 27.5 Å². The summed E-state index contributed by atoms with van der Waals surface area (Å²) in [6, 6.07) is 15.4. The SMILES string of the molecule is CCc1cccc(CC)c1-n1c(C)c(C(=O)N2CCNCC2)cc(-c2nc(-c3ccc(Cl)cc3)cs2)c1=O.CO. The van der Waals surface area contributed by atoms with E-state index in [-0.39, 0.29) is 11.5 Å². The molecular formula is C31H35ClN4O3S. The minimum Gasteiger partial charge on any atom is -0.400 e. The fourth-order valence-electron chi connectivity index (χ4n) is 5.03. The minimum absolute atomic E-state index is 0.0551. The number of carbonyl (C=O) groups excluding carboxylic acids is 1. The molecule has 210 valence electrons. The summed E-state index contributed by atoms with van der Waals surface area (Å²) in [5.41, 5.74) is 6.20. The predicted octanol–water partition coefficient (Wildman–Crippen LogP) is 5.37. The summed E-state index contributed by atoms with van der Waals surface area (Å²) in [6.07, 6.45) is 1.55. The number of hydrogen-bond donors (Lipinski definition) is 2. The zero-order valence-electron chi connectivity index (χ0n) is 23.3. The van der Waals surface area contributed by atoms with Gasteiger partial charge in [-0.25, -0.2) is 4.98 Å². The third-order valence-corrected chi connectivity index (χ3v) is 8.27. The van der Waals surface area contributed by atoms with E-state index in [0.29, 0.717) is 39.9 Å². The van der Waals surface area contributed by atoms with Crippen molar-refractivity contribution in [2.24, 2.45) is 0 Å². The number of benzene rings is 2. The number of halogens is 1. The van der Waals surface area contributed by atoms with Crippen molar-refractivity contribution in [1.82, 2.24) is 19.8 Å². The molecule has 0 bridgehead atoms. The van der Waals surface area contributed by atoms with E-state index in [1.54, 1.807) is 10.6 Å². The van der Waals surface area contributed by atoms with E-state index in [1.165, 1.54) is 11.3 Å². The van der Waals surface area contributed by atoms with Gasteiger partial charge in [-0.05, 0) is 49.1 Å². The molecule has 4 aromatic rings. The van der Waals surface area contributed by atoms with Crippen LogP contribution < -0.4 is 10.9 Å². The molecule has 1 aliphatic heterocycles. The number of aliphatic hydroxyl groups excluding tert-OH is 1. The number of amides is 1. The lowest BCUT2D eigenvalue weighted by atomic mass is 10.0. The number of hydrogen-bond acceptors (Lipinski definition) is 6. The van der Waals surface area contributed by atoms with Crippen LogP contribution in [0.4, 0.5) is 0 Å². The second kappa shape index (κ2) is 13.4. The number of carbonyl (C=O) groups is 1. The van der Waals surface area contributed by atoms with Crippen LogP contribution in [-0.4, -0.2) is 58.8 Å². The number of rotatable bonds is 6. The highest BCUT2D eigenvalue weighted by atomic mass is 35.5. The van der Waals surface area contributed by atoms with E-state index in [0.717, 1.165) is 61.1 Å². The lowest BCUT2D eigenvalue weighted by Gasteiger charge is -2.29. The molecular weight excluding hydrogens is 544 g/mol. The van der Waals surface area contributed by atoms with E-state index < -0.39 is 0 Å². The zero-order valence-corrected chi connectivity index (χ0v) is 24.9. The Kier molecular flexibility index (Phi) is 9.92. The molecule has 1 aliphatic rings. The Morgan fingerprint density at radius 1 is 1.05 bits per heavy atom. The van der Waals surface area contributed by atoms with E-state index in [1.807, 2.05) is 47.5 Å². The van der Waals surface area contributed by atoms with Gasteiger partial charge in [0, 0.05) is 54.9 Å². The summed E-state index contributed by atoms with van der Waals surface area (Å²) in [5, 5.41) is 13.5. The topological polar surface area (TPSA) is 87.5 Å². The van der Waals surface area contributed by atoms with Crippen molar-refractivity contribution in [3.63, 3.8) is 0 Å². The van der Waals surface area contributed by atoms with Crippen molar-refractivity contribution < 1.29 is 9.90 Å². The third kappa shape index (κ3) is 5.90. The fourth-order valence-corrected chi connectivity index (χ4v) is 6.00. The Morgan fingerprint density at radius 3 is 2.27 bits per heavy atom. The molecule has 2 aromatic heterocycles. The first-order valence-corrected chi connectivity index (χ1v) is 14.7. The Bertz CT molecular complexity index is 1520. The summed E-state index contributed by atoms with van der Waals surface area (Å²) in [5.74, 6) is -0.0551. The molecule has 40 heavy (non-hydrogen) atoms. The van der Waals surface area contributed by atoms with Gasteiger partial charge in [0.05, 0.1) is 22.5 Å². The van der Waals surface area contributed by atoms with E-state index in [4.69, 9.17) is 21.7 Å². The van der Waals surface area contributed by atoms with Crippen molar-refractivity contribution in [3.8, 4) is 27.5 Å². The van der Waals surface area contributed by atoms with Crippen LogP contribution in [0, 0.1) is 6.92 Å². The van der Waals surface area contributed by atoms with Crippen LogP contribution in [-0.2, 0) is 12.8 Å². The molecule has 1 amide bonds. The molecule has 0 radical (unpaired) electrons. The molecule has 2 N–H and O–H groups in total. The first-order chi connectivity index (χ1) is 19.4. The highest BCUT2D eigenvalue weighted by Crippen LogP contribution is 2.31. The van der Waals surface area contributed by atoms with Gasteiger partial charge in [0.15, 0.2) is 0 Å². The molecule has 9 heteroatoms. The predicted molar refractivity (Wildman–Crippen MR) is 164 cm³/mol. The summed E-state index contributed by atoms with van der Waals surface area (Å²) in [4.78, 5) is 34.8. The van der Waals surface area contributed by atoms with Crippen LogP contribution in [0.2, 0.25) is 5.02 Å². The van der Waals surface area contributed by atoms with Crippen molar-refractivity contribution >= 4 is 28.8 Å². The highest BCUT2D eigenvalue weighted by Gasteiger charge is 2.26. The van der Waals surface area contributed by atoms with Gasteiger partial charge >= 0.3 is 0 Å². The number of thiazole rings is 1. The molecule has 5 rings (SSSR count). The maximum atomic E-state index is 14.2. The normalized spacial score (nSPS) is 13.1. The summed E-state index contributed by atoms with van der Waals surface area (Å²) < 4.78 is 1.76. The average molecular weight is 579 g/mol. The van der Waals surface area contributed by atoms with Gasteiger partial charge in [0.25, 0.3) is 11.5 Å². The smallest absolute Gasteiger partial charge is 0.265 e. The van der Waals surface area contributed by atoms with Gasteiger partial charge in [-0.3, -0.25) is 14.2 Å². The third-order valence-electron chi connectivity index (χ3n) is 7.15. The lowest BCUT2D eigenvalue weighted by molar-refractivity contribution is 0.0734. The number of nitrogens with zero attached hydrogens (tertiary/aromatic N) is 3. The Morgan fingerprint density at radius 2 is 1.68 bits per heavy atom. The summed E-state index contributed by atoms with van der Waals surface area (Å²) >= 11 is 7.48. The van der Waals surface area contributed by atoms with E-state index >= 15 is 0 Å². The summed E-state index contributed by atoms with van der Waals surface area (Å²) in [7, 11) is 1.00. The van der Waals surface area contributed by atoms with Gasteiger partial charge in [-0.2, -0.15) is 0 Å². The number of nitrogens with one attached hydrogen (secondary N) is 1. The molecule has 7 nitrogen and oxygen atoms in total. The number of piperazine rings is 1. The molecule has 1 saturated heterocycles. The zero-order chi connectivity index (χ0) is 28.8. The molecule has 0 atom stereocenters. The minimum atomic E-state index is -0.160. The second-order valence-corrected chi connectivity index (χ2v) is 10.7. The average Bonchev–Trinajstić information content (AvgIpc) is 3.49. The molecule has 1 fully saturated rings. The standard InChI is InChI=1S/C30H31ClN4O2S.CH4O/c1-4-20-7-6-8-21(5-2)27(20)35-19(3)24(29(36)34-15-13-32-14-16-34)17-25(30(35)37)28-33-26(18-38-28)22-9-11-23(31)12-10-22;1-2/h6-12,17-18,32H,4-5,13-16H2,1-3H3;2H,1H3. The maximum Gasteiger partial charge on any atom is 0.265 e. The number of pyridine rings is 1. The van der Waals surface area contributed by atoms with Crippen LogP contribution in [0.5, 0.6) is 0 Å². The van der Waals surface area contributed by atoms with Crippen molar-refractivity contribution in [2.45, 2.75) is 33.6 Å². The molecule has 0 unspecified atom stereocenters. The number of para-hydroxylation sites is 1. The largest absolute Gasteiger partial charge is 0.400 e. The number of aryl methyl sites for hydroxylation is 2. The van der Waals surface area contributed by atoms with Crippen LogP contribution in [0.3, 0.4) is 0 Å². The quantitative estimate of drug-likeness (QED) is 0.321. The monoisotopic (exact) mass is 578 g/mol. The van der Waals surface area contributed by atoms with Gasteiger partial charge in [-0.1, -0.05) is 55.8 Å². The molecule has 0 aliphatic carbocycles. The number of aliphatic hydroxyl groups is 1. The fraction of sp³-hybridized carbons (Fsp3) is 0.323. The van der Waals surface area contributed by atoms with Gasteiger partial charge in [-0.15, -0.1) is 11.3 Å². The second-order valence-electron chi connectivity index (χ2n) is 9.42. The Balaban J connectivity index is 0.00000181. The Labute approximate surface area is 244 Å². The number of aromatic nitrogens is 2. The molecule has 0 saturated carbocycles. The molecule has 2 aromatic carbocycles. The van der Waals surface area contributed by atoms with Gasteiger partial charge in [0.2, 0.25) is 0 Å². The van der Waals surface area contributed by atoms with Gasteiger partial charge in [0.1, 0.15) is 5.01 Å². The van der Waals surface area contributed by atoms with Gasteiger partial charge < -0.3 is 15.3 Å². The van der Waals surface area contributed by atoms with Crippen molar-refractivity contribution in [3.05, 3.63) is 91.7 Å². The lowest BCUT2D eigenvalue weighted by Crippen LogP contribution is -2.47. The van der Waals surface area contributed by atoms with Crippen molar-refractivity contribution in [2.75, 3.05) is 33.3 Å². The Hall–Kier alpha value is -3.30. The van der Waals surface area contributed by atoms with Crippen LogP contribution in [0.1, 0.15) is 41.0 Å². The van der Waals surface area contributed by atoms with Crippen molar-refractivity contribution in [1.29, 1.82) is 0 Å². The highest BCUT2D eigenvalue weighted by molar-refractivity contribution is 7.13. The van der Waals surface area contributed by atoms with Crippen LogP contribution in [0.15, 0.2) is 58.7 Å².